The van der Waals surface area contributed by atoms with Gasteiger partial charge in [0.1, 0.15) is 5.37 Å². The molecule has 0 spiro atoms. The summed E-state index contributed by atoms with van der Waals surface area (Å²) in [5.41, 5.74) is 5.40. The van der Waals surface area contributed by atoms with Gasteiger partial charge in [-0.25, -0.2) is 9.80 Å². The number of hydrogen-bond acceptors (Lipinski definition) is 5. The molecule has 1 aromatic carbocycles. The fraction of sp³-hybridized carbons (Fsp3) is 0.467. The number of hydrogen-bond donors (Lipinski definition) is 2. The number of carboxylic acids is 1. The molecule has 1 atom stereocenters. The van der Waals surface area contributed by atoms with Gasteiger partial charge in [-0.05, 0) is 25.0 Å². The molecule has 0 saturated carbocycles. The van der Waals surface area contributed by atoms with Crippen LogP contribution in [0.4, 0.5) is 5.69 Å². The average Bonchev–Trinajstić information content (AvgIpc) is 3.02. The highest BCUT2D eigenvalue weighted by molar-refractivity contribution is 8.00. The Hall–Kier alpha value is -1.53. The second-order valence-corrected chi connectivity index (χ2v) is 6.36. The van der Waals surface area contributed by atoms with Crippen LogP contribution in [0.1, 0.15) is 40.6 Å². The minimum Gasteiger partial charge on any atom is -0.478 e. The zero-order valence-corrected chi connectivity index (χ0v) is 12.6. The maximum Gasteiger partial charge on any atom is 0.336 e. The molecule has 0 amide bonds. The third-order valence-electron chi connectivity index (χ3n) is 3.79. The predicted octanol–water partition coefficient (Wildman–Crippen LogP) is 3.01. The van der Waals surface area contributed by atoms with Gasteiger partial charge in [0.2, 0.25) is 0 Å². The number of aromatic carboxylic acids is 1. The van der Waals surface area contributed by atoms with E-state index in [1.54, 1.807) is 23.9 Å². The smallest absolute Gasteiger partial charge is 0.336 e. The van der Waals surface area contributed by atoms with E-state index < -0.39 is 5.97 Å². The van der Waals surface area contributed by atoms with Crippen molar-refractivity contribution in [3.63, 3.8) is 0 Å². The highest BCUT2D eigenvalue weighted by Crippen LogP contribution is 2.39. The van der Waals surface area contributed by atoms with E-state index in [9.17, 15) is 9.90 Å². The van der Waals surface area contributed by atoms with E-state index in [2.05, 4.69) is 15.4 Å². The first-order chi connectivity index (χ1) is 10.3. The van der Waals surface area contributed by atoms with Gasteiger partial charge in [-0.3, -0.25) is 4.99 Å². The standard InChI is InChI=1S/C15H19N3O2S/c19-15(20)11-5-4-6-12(13(11)14-16-7-10-21-14)17-18-8-2-1-3-9-18/h4-7,14,17H,1-3,8-10H2,(H,19,20). The molecule has 1 saturated heterocycles. The fourth-order valence-electron chi connectivity index (χ4n) is 2.77. The molecule has 3 rings (SSSR count). The zero-order chi connectivity index (χ0) is 14.7. The van der Waals surface area contributed by atoms with Crippen molar-refractivity contribution < 1.29 is 9.90 Å². The second-order valence-electron chi connectivity index (χ2n) is 5.25. The van der Waals surface area contributed by atoms with Crippen LogP contribution in [-0.4, -0.2) is 41.1 Å². The third kappa shape index (κ3) is 3.22. The molecule has 1 unspecified atom stereocenters. The quantitative estimate of drug-likeness (QED) is 0.895. The van der Waals surface area contributed by atoms with Crippen LogP contribution in [0.3, 0.4) is 0 Å². The van der Waals surface area contributed by atoms with Crippen LogP contribution in [0.15, 0.2) is 23.2 Å². The summed E-state index contributed by atoms with van der Waals surface area (Å²) in [5, 5.41) is 11.5. The van der Waals surface area contributed by atoms with Gasteiger partial charge in [0, 0.05) is 30.6 Å². The largest absolute Gasteiger partial charge is 0.478 e. The molecular formula is C15H19N3O2S. The van der Waals surface area contributed by atoms with Crippen molar-refractivity contribution in [1.82, 2.24) is 5.01 Å². The van der Waals surface area contributed by atoms with Crippen LogP contribution in [0.2, 0.25) is 0 Å². The van der Waals surface area contributed by atoms with Crippen molar-refractivity contribution in [2.75, 3.05) is 24.3 Å². The predicted molar refractivity (Wildman–Crippen MR) is 86.1 cm³/mol. The van der Waals surface area contributed by atoms with E-state index in [0.29, 0.717) is 5.56 Å². The minimum absolute atomic E-state index is 0.121. The number of nitrogens with one attached hydrogen (secondary N) is 1. The lowest BCUT2D eigenvalue weighted by Crippen LogP contribution is -2.35. The number of rotatable bonds is 4. The highest BCUT2D eigenvalue weighted by Gasteiger charge is 2.25. The molecule has 2 aliphatic rings. The van der Waals surface area contributed by atoms with Crippen LogP contribution < -0.4 is 5.43 Å². The van der Waals surface area contributed by atoms with E-state index in [4.69, 9.17) is 0 Å². The summed E-state index contributed by atoms with van der Waals surface area (Å²) in [7, 11) is 0. The molecule has 21 heavy (non-hydrogen) atoms. The third-order valence-corrected chi connectivity index (χ3v) is 4.80. The van der Waals surface area contributed by atoms with Crippen molar-refractivity contribution in [2.45, 2.75) is 24.6 Å². The Morgan fingerprint density at radius 2 is 2.14 bits per heavy atom. The lowest BCUT2D eigenvalue weighted by atomic mass is 10.1. The van der Waals surface area contributed by atoms with Gasteiger partial charge >= 0.3 is 5.97 Å². The summed E-state index contributed by atoms with van der Waals surface area (Å²) >= 11 is 1.66. The van der Waals surface area contributed by atoms with Crippen LogP contribution in [0, 0.1) is 0 Å². The normalized spacial score (nSPS) is 22.4. The van der Waals surface area contributed by atoms with Crippen molar-refractivity contribution in [3.05, 3.63) is 29.3 Å². The Kier molecular flexibility index (Phi) is 4.45. The topological polar surface area (TPSA) is 64.9 Å². The second kappa shape index (κ2) is 6.49. The first kappa shape index (κ1) is 14.4. The van der Waals surface area contributed by atoms with E-state index in [1.807, 2.05) is 12.3 Å². The van der Waals surface area contributed by atoms with Gasteiger partial charge in [0.05, 0.1) is 11.3 Å². The molecule has 1 aromatic rings. The Labute approximate surface area is 128 Å². The number of carboxylic acid groups (broad SMARTS) is 1. The Morgan fingerprint density at radius 1 is 1.33 bits per heavy atom. The number of benzene rings is 1. The van der Waals surface area contributed by atoms with Gasteiger partial charge in [0.25, 0.3) is 0 Å². The maximum absolute atomic E-state index is 11.5. The molecule has 0 bridgehead atoms. The molecular weight excluding hydrogens is 286 g/mol. The van der Waals surface area contributed by atoms with Gasteiger partial charge < -0.3 is 10.5 Å². The number of anilines is 1. The molecule has 0 radical (unpaired) electrons. The molecule has 5 nitrogen and oxygen atoms in total. The lowest BCUT2D eigenvalue weighted by Gasteiger charge is -2.29. The van der Waals surface area contributed by atoms with Crippen molar-refractivity contribution in [3.8, 4) is 0 Å². The summed E-state index contributed by atoms with van der Waals surface area (Å²) in [5.74, 6) is -0.0584. The molecule has 0 aromatic heterocycles. The molecule has 112 valence electrons. The first-order valence-corrected chi connectivity index (χ1v) is 8.31. The van der Waals surface area contributed by atoms with Crippen molar-refractivity contribution in [1.29, 1.82) is 0 Å². The van der Waals surface area contributed by atoms with E-state index in [0.717, 1.165) is 30.1 Å². The number of nitrogens with zero attached hydrogens (tertiary/aromatic N) is 2. The van der Waals surface area contributed by atoms with Gasteiger partial charge in [-0.15, -0.1) is 11.8 Å². The molecule has 0 aliphatic carbocycles. The van der Waals surface area contributed by atoms with E-state index in [-0.39, 0.29) is 5.37 Å². The number of carbonyl (C=O) groups is 1. The highest BCUT2D eigenvalue weighted by atomic mass is 32.2. The maximum atomic E-state index is 11.5. The molecule has 1 fully saturated rings. The number of hydrazine groups is 1. The molecule has 6 heteroatoms. The number of aliphatic imine (C=N–C) groups is 1. The monoisotopic (exact) mass is 305 g/mol. The summed E-state index contributed by atoms with van der Waals surface area (Å²) in [4.78, 5) is 15.9. The summed E-state index contributed by atoms with van der Waals surface area (Å²) < 4.78 is 0. The van der Waals surface area contributed by atoms with E-state index >= 15 is 0 Å². The molecule has 2 N–H and O–H groups in total. The summed E-state index contributed by atoms with van der Waals surface area (Å²) in [6.07, 6.45) is 5.48. The summed E-state index contributed by atoms with van der Waals surface area (Å²) in [6, 6.07) is 5.40. The van der Waals surface area contributed by atoms with E-state index in [1.165, 1.54) is 19.3 Å². The van der Waals surface area contributed by atoms with Crippen LogP contribution in [0.5, 0.6) is 0 Å². The van der Waals surface area contributed by atoms with Crippen LogP contribution in [-0.2, 0) is 0 Å². The fourth-order valence-corrected chi connectivity index (χ4v) is 3.71. The number of thioether (sulfide) groups is 1. The summed E-state index contributed by atoms with van der Waals surface area (Å²) in [6.45, 7) is 2.00. The van der Waals surface area contributed by atoms with Gasteiger partial charge in [-0.1, -0.05) is 12.5 Å². The Bertz CT molecular complexity index is 556. The van der Waals surface area contributed by atoms with Gasteiger partial charge in [0.15, 0.2) is 0 Å². The van der Waals surface area contributed by atoms with Crippen LogP contribution in [0.25, 0.3) is 0 Å². The Morgan fingerprint density at radius 3 is 2.81 bits per heavy atom. The van der Waals surface area contributed by atoms with Crippen LogP contribution >= 0.6 is 11.8 Å². The number of piperidine rings is 1. The first-order valence-electron chi connectivity index (χ1n) is 7.27. The lowest BCUT2D eigenvalue weighted by molar-refractivity contribution is 0.0695. The van der Waals surface area contributed by atoms with Crippen molar-refractivity contribution >= 4 is 29.6 Å². The van der Waals surface area contributed by atoms with Gasteiger partial charge in [-0.2, -0.15) is 0 Å². The van der Waals surface area contributed by atoms with Crippen molar-refractivity contribution in [2.24, 2.45) is 4.99 Å². The SMILES string of the molecule is O=C(O)c1cccc(NN2CCCCC2)c1C1N=CCS1. The molecule has 2 aliphatic heterocycles. The average molecular weight is 305 g/mol. The Balaban J connectivity index is 1.92. The zero-order valence-electron chi connectivity index (χ0n) is 11.8. The minimum atomic E-state index is -0.894. The molecule has 2 heterocycles.